The largest absolute Gasteiger partial charge is 0.454 e. The molecule has 0 fully saturated rings. The Kier molecular flexibility index (Phi) is 8.04. The van der Waals surface area contributed by atoms with E-state index in [-0.39, 0.29) is 17.7 Å². The first-order valence-corrected chi connectivity index (χ1v) is 10.1. The van der Waals surface area contributed by atoms with Gasteiger partial charge in [-0.15, -0.1) is 0 Å². The minimum atomic E-state index is -3.34. The second-order valence-corrected chi connectivity index (χ2v) is 8.32. The standard InChI is InChI=1S/C15H19BrN2O6S/c1-17-13(19)9-24-15(21)12(7-8-25(2,22)23)18-14(20)10-5-3-4-6-11(10)16/h3-6,12H,7-9H2,1-2H3,(H,17,19)(H,18,20). The summed E-state index contributed by atoms with van der Waals surface area (Å²) >= 11 is 3.23. The number of hydrogen-bond donors (Lipinski definition) is 2. The van der Waals surface area contributed by atoms with Crippen LogP contribution in [0, 0.1) is 0 Å². The molecular formula is C15H19BrN2O6S. The molecule has 0 heterocycles. The first-order chi connectivity index (χ1) is 11.6. The van der Waals surface area contributed by atoms with Crippen LogP contribution in [0.5, 0.6) is 0 Å². The number of carbonyl (C=O) groups is 3. The summed E-state index contributed by atoms with van der Waals surface area (Å²) in [6.07, 6.45) is 0.858. The maximum atomic E-state index is 12.3. The maximum absolute atomic E-state index is 12.3. The van der Waals surface area contributed by atoms with Gasteiger partial charge in [0, 0.05) is 17.8 Å². The lowest BCUT2D eigenvalue weighted by atomic mass is 10.1. The molecule has 0 aliphatic rings. The summed E-state index contributed by atoms with van der Waals surface area (Å²) < 4.78 is 28.0. The predicted molar refractivity (Wildman–Crippen MR) is 94.7 cm³/mol. The zero-order valence-corrected chi connectivity index (χ0v) is 16.1. The van der Waals surface area contributed by atoms with Crippen LogP contribution >= 0.6 is 15.9 Å². The van der Waals surface area contributed by atoms with Gasteiger partial charge < -0.3 is 15.4 Å². The van der Waals surface area contributed by atoms with Crippen molar-refractivity contribution in [1.82, 2.24) is 10.6 Å². The van der Waals surface area contributed by atoms with Crippen LogP contribution in [-0.2, 0) is 24.2 Å². The van der Waals surface area contributed by atoms with E-state index in [4.69, 9.17) is 4.74 Å². The van der Waals surface area contributed by atoms with Gasteiger partial charge in [0.25, 0.3) is 11.8 Å². The van der Waals surface area contributed by atoms with E-state index in [1.165, 1.54) is 7.05 Å². The number of rotatable bonds is 8. The highest BCUT2D eigenvalue weighted by Crippen LogP contribution is 2.16. The number of carbonyl (C=O) groups excluding carboxylic acids is 3. The fourth-order valence-corrected chi connectivity index (χ4v) is 2.90. The molecule has 138 valence electrons. The third-order valence-corrected chi connectivity index (χ3v) is 4.78. The second kappa shape index (κ2) is 9.52. The van der Waals surface area contributed by atoms with Crippen molar-refractivity contribution in [3.8, 4) is 0 Å². The Labute approximate surface area is 154 Å². The van der Waals surface area contributed by atoms with E-state index >= 15 is 0 Å². The number of ether oxygens (including phenoxy) is 1. The monoisotopic (exact) mass is 434 g/mol. The molecule has 1 aromatic rings. The van der Waals surface area contributed by atoms with Crippen LogP contribution in [-0.4, -0.2) is 57.9 Å². The Bertz CT molecular complexity index is 750. The van der Waals surface area contributed by atoms with Gasteiger partial charge >= 0.3 is 5.97 Å². The molecule has 1 aromatic carbocycles. The van der Waals surface area contributed by atoms with Crippen molar-refractivity contribution >= 4 is 43.6 Å². The Balaban J connectivity index is 2.86. The van der Waals surface area contributed by atoms with Crippen LogP contribution < -0.4 is 10.6 Å². The minimum Gasteiger partial charge on any atom is -0.454 e. The van der Waals surface area contributed by atoms with E-state index in [1.807, 2.05) is 0 Å². The van der Waals surface area contributed by atoms with Gasteiger partial charge in [-0.2, -0.15) is 0 Å². The molecule has 2 amide bonds. The van der Waals surface area contributed by atoms with Crippen molar-refractivity contribution in [3.05, 3.63) is 34.3 Å². The second-order valence-electron chi connectivity index (χ2n) is 5.21. The van der Waals surface area contributed by atoms with Crippen LogP contribution in [0.25, 0.3) is 0 Å². The highest BCUT2D eigenvalue weighted by atomic mass is 79.9. The Hall–Kier alpha value is -1.94. The smallest absolute Gasteiger partial charge is 0.329 e. The summed E-state index contributed by atoms with van der Waals surface area (Å²) in [5.41, 5.74) is 0.283. The molecule has 0 aliphatic carbocycles. The molecule has 10 heteroatoms. The SMILES string of the molecule is CNC(=O)COC(=O)C(CCS(C)(=O)=O)NC(=O)c1ccccc1Br. The Morgan fingerprint density at radius 1 is 1.24 bits per heavy atom. The molecule has 1 unspecified atom stereocenters. The zero-order valence-electron chi connectivity index (χ0n) is 13.7. The normalized spacial score (nSPS) is 12.1. The van der Waals surface area contributed by atoms with Gasteiger partial charge in [-0.25, -0.2) is 13.2 Å². The van der Waals surface area contributed by atoms with Gasteiger partial charge in [0.1, 0.15) is 15.9 Å². The third kappa shape index (κ3) is 7.65. The summed E-state index contributed by atoms with van der Waals surface area (Å²) in [4.78, 5) is 35.6. The van der Waals surface area contributed by atoms with Crippen molar-refractivity contribution in [1.29, 1.82) is 0 Å². The number of hydrogen-bond acceptors (Lipinski definition) is 6. The molecule has 0 radical (unpaired) electrons. The molecule has 0 saturated heterocycles. The van der Waals surface area contributed by atoms with E-state index in [0.717, 1.165) is 6.26 Å². The summed E-state index contributed by atoms with van der Waals surface area (Å²) in [5, 5.41) is 4.73. The molecule has 0 spiro atoms. The predicted octanol–water partition coefficient (Wildman–Crippen LogP) is 0.271. The van der Waals surface area contributed by atoms with Crippen molar-refractivity contribution < 1.29 is 27.5 Å². The Morgan fingerprint density at radius 3 is 2.44 bits per heavy atom. The van der Waals surface area contributed by atoms with Gasteiger partial charge in [0.15, 0.2) is 6.61 Å². The quantitative estimate of drug-likeness (QED) is 0.566. The van der Waals surface area contributed by atoms with Crippen LogP contribution in [0.2, 0.25) is 0 Å². The number of benzene rings is 1. The minimum absolute atomic E-state index is 0.165. The molecule has 0 aromatic heterocycles. The molecule has 0 aliphatic heterocycles. The highest BCUT2D eigenvalue weighted by Gasteiger charge is 2.25. The van der Waals surface area contributed by atoms with E-state index in [9.17, 15) is 22.8 Å². The molecule has 2 N–H and O–H groups in total. The fourth-order valence-electron chi connectivity index (χ4n) is 1.77. The third-order valence-electron chi connectivity index (χ3n) is 3.11. The Morgan fingerprint density at radius 2 is 1.88 bits per heavy atom. The van der Waals surface area contributed by atoms with Crippen LogP contribution in [0.4, 0.5) is 0 Å². The number of likely N-dealkylation sites (N-methyl/N-ethyl adjacent to an activating group) is 1. The molecule has 1 atom stereocenters. The summed E-state index contributed by atoms with van der Waals surface area (Å²) in [6, 6.07) is 5.38. The molecule has 0 saturated carbocycles. The lowest BCUT2D eigenvalue weighted by molar-refractivity contribution is -0.150. The zero-order chi connectivity index (χ0) is 19.0. The summed E-state index contributed by atoms with van der Waals surface area (Å²) in [7, 11) is -1.96. The van der Waals surface area contributed by atoms with Gasteiger partial charge in [0.2, 0.25) is 0 Å². The first kappa shape index (κ1) is 21.1. The lowest BCUT2D eigenvalue weighted by Crippen LogP contribution is -2.44. The van der Waals surface area contributed by atoms with Crippen LogP contribution in [0.1, 0.15) is 16.8 Å². The number of nitrogens with one attached hydrogen (secondary N) is 2. The van der Waals surface area contributed by atoms with Crippen molar-refractivity contribution in [3.63, 3.8) is 0 Å². The molecule has 0 bridgehead atoms. The molecule has 1 rings (SSSR count). The van der Waals surface area contributed by atoms with E-state index in [2.05, 4.69) is 26.6 Å². The van der Waals surface area contributed by atoms with Gasteiger partial charge in [0.05, 0.1) is 11.3 Å². The molecular weight excluding hydrogens is 416 g/mol. The molecule has 25 heavy (non-hydrogen) atoms. The van der Waals surface area contributed by atoms with Crippen LogP contribution in [0.15, 0.2) is 28.7 Å². The van der Waals surface area contributed by atoms with Gasteiger partial charge in [-0.1, -0.05) is 12.1 Å². The fraction of sp³-hybridized carbons (Fsp3) is 0.400. The first-order valence-electron chi connectivity index (χ1n) is 7.24. The van der Waals surface area contributed by atoms with Crippen molar-refractivity contribution in [2.24, 2.45) is 0 Å². The summed E-state index contributed by atoms with van der Waals surface area (Å²) in [5.74, 6) is -2.29. The van der Waals surface area contributed by atoms with Gasteiger partial charge in [-0.3, -0.25) is 9.59 Å². The van der Waals surface area contributed by atoms with Crippen molar-refractivity contribution in [2.45, 2.75) is 12.5 Å². The van der Waals surface area contributed by atoms with E-state index in [1.54, 1.807) is 24.3 Å². The van der Waals surface area contributed by atoms with Crippen molar-refractivity contribution in [2.75, 3.05) is 25.7 Å². The van der Waals surface area contributed by atoms with E-state index in [0.29, 0.717) is 4.47 Å². The maximum Gasteiger partial charge on any atom is 0.329 e. The number of amides is 2. The molecule has 8 nitrogen and oxygen atoms in total. The summed E-state index contributed by atoms with van der Waals surface area (Å²) in [6.45, 7) is -0.518. The number of esters is 1. The number of sulfone groups is 1. The lowest BCUT2D eigenvalue weighted by Gasteiger charge is -2.17. The average Bonchev–Trinajstić information content (AvgIpc) is 2.55. The average molecular weight is 435 g/mol. The van der Waals surface area contributed by atoms with E-state index < -0.39 is 40.3 Å². The van der Waals surface area contributed by atoms with Gasteiger partial charge in [-0.05, 0) is 34.5 Å². The highest BCUT2D eigenvalue weighted by molar-refractivity contribution is 9.10. The number of halogens is 1. The van der Waals surface area contributed by atoms with Crippen LogP contribution in [0.3, 0.4) is 0 Å². The topological polar surface area (TPSA) is 119 Å².